The fourth-order valence-corrected chi connectivity index (χ4v) is 3.45. The van der Waals surface area contributed by atoms with Gasteiger partial charge in [0.2, 0.25) is 5.88 Å². The Hall–Kier alpha value is -4.59. The molecule has 2 N–H and O–H groups in total. The van der Waals surface area contributed by atoms with Gasteiger partial charge in [0.05, 0.1) is 24.6 Å². The molecule has 0 spiro atoms. The van der Waals surface area contributed by atoms with Crippen LogP contribution in [0.2, 0.25) is 0 Å². The number of aromatic nitrogens is 4. The number of ether oxygens (including phenoxy) is 4. The van der Waals surface area contributed by atoms with Crippen molar-refractivity contribution in [2.75, 3.05) is 38.1 Å². The van der Waals surface area contributed by atoms with Crippen molar-refractivity contribution in [3.05, 3.63) is 54.5 Å². The molecule has 4 rings (SSSR count). The number of halogens is 3. The molecule has 0 radical (unpaired) electrons. The number of nitrogens with one attached hydrogen (secondary N) is 2. The lowest BCUT2D eigenvalue weighted by molar-refractivity contribution is -0.143. The Bertz CT molecular complexity index is 1440. The summed E-state index contributed by atoms with van der Waals surface area (Å²) >= 11 is 0. The molecule has 0 saturated heterocycles. The van der Waals surface area contributed by atoms with Gasteiger partial charge in [0.25, 0.3) is 0 Å². The third kappa shape index (κ3) is 6.21. The second-order valence-corrected chi connectivity index (χ2v) is 7.79. The number of fused-ring (bicyclic) bond motifs is 1. The normalized spacial score (nSPS) is 11.3. The summed E-state index contributed by atoms with van der Waals surface area (Å²) in [6.45, 7) is 0.724. The summed E-state index contributed by atoms with van der Waals surface area (Å²) < 4.78 is 61.6. The van der Waals surface area contributed by atoms with Gasteiger partial charge in [0, 0.05) is 38.0 Å². The van der Waals surface area contributed by atoms with Crippen LogP contribution in [0.25, 0.3) is 10.9 Å². The maximum absolute atomic E-state index is 13.0. The number of hydrogen-bond donors (Lipinski definition) is 2. The van der Waals surface area contributed by atoms with Gasteiger partial charge >= 0.3 is 12.2 Å². The fraction of sp³-hybridized carbons (Fsp3) is 0.250. The van der Waals surface area contributed by atoms with Crippen molar-refractivity contribution in [2.24, 2.45) is 7.05 Å². The Morgan fingerprint density at radius 3 is 2.55 bits per heavy atom. The number of benzene rings is 2. The number of anilines is 2. The van der Waals surface area contributed by atoms with E-state index in [2.05, 4.69) is 25.7 Å². The SMILES string of the molecule is COCCOc1cc2ncnc(Oc3cccc(NC(=O)Nc4cc(C(F)(F)F)n(C)n4)c3)c2cc1OC. The molecule has 2 heterocycles. The Balaban J connectivity index is 1.49. The second-order valence-electron chi connectivity index (χ2n) is 7.79. The zero-order chi connectivity index (χ0) is 27.3. The topological polar surface area (TPSA) is 122 Å². The molecule has 0 unspecified atom stereocenters. The molecule has 2 aromatic carbocycles. The molecule has 0 aliphatic carbocycles. The highest BCUT2D eigenvalue weighted by atomic mass is 19.4. The Labute approximate surface area is 214 Å². The minimum Gasteiger partial charge on any atom is -0.493 e. The summed E-state index contributed by atoms with van der Waals surface area (Å²) in [6.07, 6.45) is -3.27. The highest BCUT2D eigenvalue weighted by Gasteiger charge is 2.35. The van der Waals surface area contributed by atoms with E-state index in [4.69, 9.17) is 18.9 Å². The Morgan fingerprint density at radius 1 is 1.03 bits per heavy atom. The van der Waals surface area contributed by atoms with Gasteiger partial charge in [-0.3, -0.25) is 10.00 Å². The molecule has 0 fully saturated rings. The van der Waals surface area contributed by atoms with Crippen molar-refractivity contribution in [1.29, 1.82) is 0 Å². The van der Waals surface area contributed by atoms with Crippen LogP contribution in [0, 0.1) is 0 Å². The third-order valence-corrected chi connectivity index (χ3v) is 5.15. The van der Waals surface area contributed by atoms with Crippen molar-refractivity contribution < 1.29 is 36.9 Å². The molecule has 0 bridgehead atoms. The zero-order valence-corrected chi connectivity index (χ0v) is 20.5. The number of carbonyl (C=O) groups excluding carboxylic acids is 1. The van der Waals surface area contributed by atoms with E-state index in [1.807, 2.05) is 0 Å². The van der Waals surface area contributed by atoms with E-state index in [-0.39, 0.29) is 11.7 Å². The number of methoxy groups -OCH3 is 2. The number of amides is 2. The van der Waals surface area contributed by atoms with Crippen molar-refractivity contribution in [2.45, 2.75) is 6.18 Å². The van der Waals surface area contributed by atoms with Gasteiger partial charge in [-0.2, -0.15) is 18.3 Å². The second kappa shape index (κ2) is 11.2. The monoisotopic (exact) mass is 532 g/mol. The van der Waals surface area contributed by atoms with Crippen molar-refractivity contribution >= 4 is 28.4 Å². The van der Waals surface area contributed by atoms with Crippen molar-refractivity contribution in [3.8, 4) is 23.1 Å². The van der Waals surface area contributed by atoms with E-state index in [0.29, 0.717) is 51.7 Å². The number of rotatable bonds is 9. The lowest BCUT2D eigenvalue weighted by atomic mass is 10.2. The average molecular weight is 532 g/mol. The summed E-state index contributed by atoms with van der Waals surface area (Å²) in [5.74, 6) is 1.24. The molecule has 0 aliphatic heterocycles. The molecule has 11 nitrogen and oxygen atoms in total. The van der Waals surface area contributed by atoms with Crippen molar-refractivity contribution in [3.63, 3.8) is 0 Å². The van der Waals surface area contributed by atoms with E-state index >= 15 is 0 Å². The van der Waals surface area contributed by atoms with Gasteiger partial charge < -0.3 is 24.3 Å². The van der Waals surface area contributed by atoms with Crippen LogP contribution >= 0.6 is 0 Å². The first kappa shape index (κ1) is 26.5. The van der Waals surface area contributed by atoms with E-state index in [9.17, 15) is 18.0 Å². The number of nitrogens with zero attached hydrogens (tertiary/aromatic N) is 4. The summed E-state index contributed by atoms with van der Waals surface area (Å²) in [4.78, 5) is 20.8. The van der Waals surface area contributed by atoms with Crippen LogP contribution in [0.4, 0.5) is 29.5 Å². The molecular formula is C24H23F3N6O5. The molecule has 14 heteroatoms. The number of aryl methyl sites for hydroxylation is 1. The standard InChI is InChI=1S/C24H23F3N6O5/c1-33-20(24(25,26)27)12-21(32-33)31-23(34)30-14-5-4-6-15(9-14)38-22-16-10-18(36-3)19(37-8-7-35-2)11-17(16)28-13-29-22/h4-6,9-13H,7-8H2,1-3H3,(H2,30,31,32,34). The van der Waals surface area contributed by atoms with Crippen LogP contribution in [-0.2, 0) is 18.0 Å². The largest absolute Gasteiger partial charge is 0.493 e. The minimum atomic E-state index is -4.60. The van der Waals surface area contributed by atoms with Crippen LogP contribution in [0.1, 0.15) is 5.69 Å². The number of carbonyl (C=O) groups is 1. The molecule has 2 amide bonds. The Kier molecular flexibility index (Phi) is 7.81. The fourth-order valence-electron chi connectivity index (χ4n) is 3.45. The lowest BCUT2D eigenvalue weighted by Crippen LogP contribution is -2.19. The predicted molar refractivity (Wildman–Crippen MR) is 131 cm³/mol. The smallest absolute Gasteiger partial charge is 0.433 e. The van der Waals surface area contributed by atoms with E-state index in [0.717, 1.165) is 13.1 Å². The van der Waals surface area contributed by atoms with E-state index in [1.165, 1.54) is 19.5 Å². The van der Waals surface area contributed by atoms with Crippen LogP contribution in [-0.4, -0.2) is 53.2 Å². The van der Waals surface area contributed by atoms with Gasteiger partial charge in [-0.1, -0.05) is 6.07 Å². The summed E-state index contributed by atoms with van der Waals surface area (Å²) in [6, 6.07) is 9.70. The quantitative estimate of drug-likeness (QED) is 0.294. The van der Waals surface area contributed by atoms with Crippen LogP contribution in [0.5, 0.6) is 23.1 Å². The number of alkyl halides is 3. The van der Waals surface area contributed by atoms with Crippen LogP contribution in [0.3, 0.4) is 0 Å². The van der Waals surface area contributed by atoms with Crippen LogP contribution < -0.4 is 24.8 Å². The minimum absolute atomic E-state index is 0.228. The molecule has 200 valence electrons. The third-order valence-electron chi connectivity index (χ3n) is 5.15. The highest BCUT2D eigenvalue weighted by Crippen LogP contribution is 2.36. The van der Waals surface area contributed by atoms with Crippen LogP contribution in [0.15, 0.2) is 48.8 Å². The number of urea groups is 1. The number of hydrogen-bond acceptors (Lipinski definition) is 8. The lowest BCUT2D eigenvalue weighted by Gasteiger charge is -2.13. The summed E-state index contributed by atoms with van der Waals surface area (Å²) in [5, 5.41) is 9.02. The molecule has 0 saturated carbocycles. The van der Waals surface area contributed by atoms with Gasteiger partial charge in [0.15, 0.2) is 17.3 Å². The van der Waals surface area contributed by atoms with Gasteiger partial charge in [-0.05, 0) is 18.2 Å². The predicted octanol–water partition coefficient (Wildman–Crippen LogP) is 4.85. The summed E-state index contributed by atoms with van der Waals surface area (Å²) in [7, 11) is 4.21. The summed E-state index contributed by atoms with van der Waals surface area (Å²) in [5.41, 5.74) is -0.132. The van der Waals surface area contributed by atoms with Gasteiger partial charge in [-0.25, -0.2) is 14.8 Å². The molecular weight excluding hydrogens is 509 g/mol. The molecule has 4 aromatic rings. The first-order valence-corrected chi connectivity index (χ1v) is 11.1. The maximum atomic E-state index is 13.0. The average Bonchev–Trinajstić information content (AvgIpc) is 3.24. The Morgan fingerprint density at radius 2 is 1.84 bits per heavy atom. The molecule has 38 heavy (non-hydrogen) atoms. The van der Waals surface area contributed by atoms with Gasteiger partial charge in [0.1, 0.15) is 24.4 Å². The molecule has 0 aliphatic rings. The molecule has 0 atom stereocenters. The molecule has 2 aromatic heterocycles. The first-order chi connectivity index (χ1) is 18.2. The van der Waals surface area contributed by atoms with Crippen molar-refractivity contribution in [1.82, 2.24) is 19.7 Å². The van der Waals surface area contributed by atoms with E-state index in [1.54, 1.807) is 37.4 Å². The first-order valence-electron chi connectivity index (χ1n) is 11.1. The van der Waals surface area contributed by atoms with Gasteiger partial charge in [-0.15, -0.1) is 0 Å². The highest BCUT2D eigenvalue weighted by molar-refractivity contribution is 5.99. The maximum Gasteiger partial charge on any atom is 0.433 e. The van der Waals surface area contributed by atoms with E-state index < -0.39 is 17.9 Å². The zero-order valence-electron chi connectivity index (χ0n) is 20.5.